The van der Waals surface area contributed by atoms with E-state index >= 15 is 0 Å². The first-order valence-corrected chi connectivity index (χ1v) is 9.98. The van der Waals surface area contributed by atoms with Crippen molar-refractivity contribution in [1.82, 2.24) is 15.1 Å². The fraction of sp³-hybridized carbons (Fsp3) is 0.409. The maximum Gasteiger partial charge on any atom is 0.239 e. The van der Waals surface area contributed by atoms with E-state index in [1.54, 1.807) is 0 Å². The zero-order valence-corrected chi connectivity index (χ0v) is 16.8. The van der Waals surface area contributed by atoms with Gasteiger partial charge < -0.3 is 4.90 Å². The summed E-state index contributed by atoms with van der Waals surface area (Å²) in [4.78, 5) is 17.2. The van der Waals surface area contributed by atoms with Crippen LogP contribution in [0.25, 0.3) is 0 Å². The Morgan fingerprint density at radius 2 is 1.63 bits per heavy atom. The highest BCUT2D eigenvalue weighted by atomic mass is 35.5. The molecule has 0 bridgehead atoms. The van der Waals surface area contributed by atoms with E-state index < -0.39 is 0 Å². The van der Waals surface area contributed by atoms with Gasteiger partial charge in [-0.2, -0.15) is 0 Å². The Kier molecular flexibility index (Phi) is 6.89. The number of rotatable bonds is 6. The predicted molar refractivity (Wildman–Crippen MR) is 111 cm³/mol. The summed E-state index contributed by atoms with van der Waals surface area (Å²) in [6.07, 6.45) is 0. The molecule has 1 N–H and O–H groups in total. The van der Waals surface area contributed by atoms with Crippen molar-refractivity contribution in [2.75, 3.05) is 26.2 Å². The van der Waals surface area contributed by atoms with Gasteiger partial charge in [-0.25, -0.2) is 0 Å². The fourth-order valence-electron chi connectivity index (χ4n) is 3.60. The normalized spacial score (nSPS) is 17.5. The van der Waals surface area contributed by atoms with Crippen LogP contribution in [0, 0.1) is 0 Å². The lowest BCUT2D eigenvalue weighted by atomic mass is 10.1. The van der Waals surface area contributed by atoms with Gasteiger partial charge in [0, 0.05) is 43.8 Å². The first-order valence-electron chi connectivity index (χ1n) is 9.60. The van der Waals surface area contributed by atoms with Crippen LogP contribution in [0.1, 0.15) is 31.0 Å². The van der Waals surface area contributed by atoms with Crippen LogP contribution in [0.4, 0.5) is 0 Å². The molecule has 0 spiro atoms. The lowest BCUT2D eigenvalue weighted by Gasteiger charge is -2.36. The summed E-state index contributed by atoms with van der Waals surface area (Å²) in [7, 11) is 0. The van der Waals surface area contributed by atoms with Crippen molar-refractivity contribution >= 4 is 17.5 Å². The molecule has 2 aromatic rings. The molecule has 1 aliphatic rings. The van der Waals surface area contributed by atoms with Crippen LogP contribution >= 0.6 is 11.6 Å². The number of hydrogen-bond donors (Lipinski definition) is 1. The molecule has 0 aliphatic carbocycles. The predicted octanol–water partition coefficient (Wildman–Crippen LogP) is 3.72. The van der Waals surface area contributed by atoms with E-state index in [2.05, 4.69) is 34.5 Å². The quantitative estimate of drug-likeness (QED) is 0.823. The molecule has 2 atom stereocenters. The summed E-state index contributed by atoms with van der Waals surface area (Å²) < 4.78 is 0. The van der Waals surface area contributed by atoms with Crippen molar-refractivity contribution in [1.29, 1.82) is 0 Å². The van der Waals surface area contributed by atoms with Gasteiger partial charge in [0.25, 0.3) is 0 Å². The van der Waals surface area contributed by atoms with E-state index in [0.29, 0.717) is 0 Å². The van der Waals surface area contributed by atoms with E-state index in [-0.39, 0.29) is 18.0 Å². The molecule has 0 radical (unpaired) electrons. The van der Waals surface area contributed by atoms with Crippen molar-refractivity contribution < 1.29 is 4.79 Å². The van der Waals surface area contributed by atoms with E-state index in [1.165, 1.54) is 5.56 Å². The second-order valence-electron chi connectivity index (χ2n) is 7.22. The van der Waals surface area contributed by atoms with Crippen LogP contribution in [0.3, 0.4) is 0 Å². The fourth-order valence-corrected chi connectivity index (χ4v) is 3.90. The number of carbonyl (C=O) groups excluding carboxylic acids is 1. The molecule has 4 nitrogen and oxygen atoms in total. The summed E-state index contributed by atoms with van der Waals surface area (Å²) in [5.41, 5.74) is 2.34. The highest BCUT2D eigenvalue weighted by Gasteiger charge is 2.26. The van der Waals surface area contributed by atoms with Gasteiger partial charge in [0.15, 0.2) is 0 Å². The van der Waals surface area contributed by atoms with Gasteiger partial charge in [-0.15, -0.1) is 0 Å². The lowest BCUT2D eigenvalue weighted by Crippen LogP contribution is -2.53. The number of hydrogen-bond acceptors (Lipinski definition) is 3. The molecule has 1 amide bonds. The molecule has 0 unspecified atom stereocenters. The van der Waals surface area contributed by atoms with Crippen LogP contribution in [-0.4, -0.2) is 47.9 Å². The van der Waals surface area contributed by atoms with Crippen LogP contribution in [-0.2, 0) is 11.3 Å². The summed E-state index contributed by atoms with van der Waals surface area (Å²) >= 11 is 6.27. The third kappa shape index (κ3) is 5.32. The first-order chi connectivity index (χ1) is 13.0. The molecule has 3 rings (SSSR count). The number of nitrogens with one attached hydrogen (secondary N) is 1. The number of benzene rings is 2. The summed E-state index contributed by atoms with van der Waals surface area (Å²) in [6.45, 7) is 8.30. The van der Waals surface area contributed by atoms with Crippen molar-refractivity contribution in [2.45, 2.75) is 32.5 Å². The van der Waals surface area contributed by atoms with Crippen LogP contribution in [0.5, 0.6) is 0 Å². The minimum absolute atomic E-state index is 0.0250. The maximum atomic E-state index is 12.8. The third-order valence-electron chi connectivity index (χ3n) is 5.18. The zero-order valence-electron chi connectivity index (χ0n) is 16.1. The second kappa shape index (κ2) is 9.36. The Hall–Kier alpha value is -1.88. The summed E-state index contributed by atoms with van der Waals surface area (Å²) in [5, 5.41) is 4.12. The molecule has 0 aromatic heterocycles. The molecule has 1 saturated heterocycles. The number of amides is 1. The highest BCUT2D eigenvalue weighted by Crippen LogP contribution is 2.22. The SMILES string of the molecule is C[C@H](N[C@H](C)c1ccccc1Cl)C(=O)N1CCN(Cc2ccccc2)CC1. The van der Waals surface area contributed by atoms with E-state index in [0.717, 1.165) is 43.3 Å². The van der Waals surface area contributed by atoms with Gasteiger partial charge >= 0.3 is 0 Å². The molecule has 27 heavy (non-hydrogen) atoms. The number of piperazine rings is 1. The van der Waals surface area contributed by atoms with Gasteiger partial charge in [0.05, 0.1) is 6.04 Å². The Labute approximate surface area is 167 Å². The molecular weight excluding hydrogens is 358 g/mol. The average Bonchev–Trinajstić information content (AvgIpc) is 2.69. The van der Waals surface area contributed by atoms with Gasteiger partial charge in [-0.3, -0.25) is 15.0 Å². The van der Waals surface area contributed by atoms with Crippen molar-refractivity contribution in [3.8, 4) is 0 Å². The second-order valence-corrected chi connectivity index (χ2v) is 7.63. The lowest BCUT2D eigenvalue weighted by molar-refractivity contribution is -0.135. The summed E-state index contributed by atoms with van der Waals surface area (Å²) in [5.74, 6) is 0.160. The highest BCUT2D eigenvalue weighted by molar-refractivity contribution is 6.31. The van der Waals surface area contributed by atoms with E-state index in [9.17, 15) is 4.79 Å². The van der Waals surface area contributed by atoms with Gasteiger partial charge in [0.1, 0.15) is 0 Å². The van der Waals surface area contributed by atoms with Crippen molar-refractivity contribution in [2.24, 2.45) is 0 Å². The largest absolute Gasteiger partial charge is 0.339 e. The Bertz CT molecular complexity index is 744. The first kappa shape index (κ1) is 19.9. The Morgan fingerprint density at radius 1 is 1.00 bits per heavy atom. The Morgan fingerprint density at radius 3 is 2.30 bits per heavy atom. The Balaban J connectivity index is 1.49. The zero-order chi connectivity index (χ0) is 19.2. The van der Waals surface area contributed by atoms with Gasteiger partial charge in [-0.1, -0.05) is 60.1 Å². The number of nitrogens with zero attached hydrogens (tertiary/aromatic N) is 2. The molecule has 1 fully saturated rings. The third-order valence-corrected chi connectivity index (χ3v) is 5.52. The minimum atomic E-state index is -0.239. The van der Waals surface area contributed by atoms with Crippen LogP contribution in [0.15, 0.2) is 54.6 Å². The number of halogens is 1. The molecule has 144 valence electrons. The average molecular weight is 386 g/mol. The summed E-state index contributed by atoms with van der Waals surface area (Å²) in [6, 6.07) is 18.0. The van der Waals surface area contributed by atoms with Gasteiger partial charge in [0.2, 0.25) is 5.91 Å². The molecule has 2 aromatic carbocycles. The smallest absolute Gasteiger partial charge is 0.239 e. The van der Waals surface area contributed by atoms with E-state index in [4.69, 9.17) is 11.6 Å². The van der Waals surface area contributed by atoms with Crippen molar-refractivity contribution in [3.63, 3.8) is 0 Å². The van der Waals surface area contributed by atoms with Crippen LogP contribution < -0.4 is 5.32 Å². The number of carbonyl (C=O) groups is 1. The molecule has 0 saturated carbocycles. The molecule has 1 heterocycles. The topological polar surface area (TPSA) is 35.6 Å². The monoisotopic (exact) mass is 385 g/mol. The van der Waals surface area contributed by atoms with Crippen molar-refractivity contribution in [3.05, 3.63) is 70.7 Å². The van der Waals surface area contributed by atoms with Gasteiger partial charge in [-0.05, 0) is 31.0 Å². The van der Waals surface area contributed by atoms with Crippen LogP contribution in [0.2, 0.25) is 5.02 Å². The molecule has 1 aliphatic heterocycles. The standard InChI is InChI=1S/C22H28ClN3O/c1-17(20-10-6-7-11-21(20)23)24-18(2)22(27)26-14-12-25(13-15-26)16-19-8-4-3-5-9-19/h3-11,17-18,24H,12-16H2,1-2H3/t17-,18+/m1/s1. The molecular formula is C22H28ClN3O. The van der Waals surface area contributed by atoms with E-state index in [1.807, 2.05) is 49.1 Å². The molecule has 5 heteroatoms. The minimum Gasteiger partial charge on any atom is -0.339 e. The maximum absolute atomic E-state index is 12.8.